The Morgan fingerprint density at radius 2 is 2.00 bits per heavy atom. The average Bonchev–Trinajstić information content (AvgIpc) is 3.20. The van der Waals surface area contributed by atoms with E-state index < -0.39 is 5.67 Å². The molecule has 8 nitrogen and oxygen atoms in total. The van der Waals surface area contributed by atoms with Crippen LogP contribution in [0.3, 0.4) is 0 Å². The van der Waals surface area contributed by atoms with Gasteiger partial charge in [-0.2, -0.15) is 10.4 Å². The van der Waals surface area contributed by atoms with Gasteiger partial charge >= 0.3 is 0 Å². The molecular formula is C21H21FN8. The Kier molecular flexibility index (Phi) is 4.91. The van der Waals surface area contributed by atoms with Crippen LogP contribution in [0.5, 0.6) is 0 Å². The first-order valence-corrected chi connectivity index (χ1v) is 9.53. The first kappa shape index (κ1) is 19.5. The molecule has 0 saturated carbocycles. The van der Waals surface area contributed by atoms with Crippen molar-refractivity contribution in [1.82, 2.24) is 19.7 Å². The third kappa shape index (κ3) is 3.72. The van der Waals surface area contributed by atoms with Crippen molar-refractivity contribution in [3.8, 4) is 17.2 Å². The SMILES string of the molecule is Cn1cc(-c2ccc(N)c(C(=N)c3cc(N4CCC(F)(C#N)CC4)ncn3)c2)cn1. The maximum Gasteiger partial charge on any atom is 0.199 e. The number of nitrogens with zero attached hydrogens (tertiary/aromatic N) is 6. The van der Waals surface area contributed by atoms with Crippen LogP contribution >= 0.6 is 0 Å². The third-order valence-electron chi connectivity index (χ3n) is 5.35. The van der Waals surface area contributed by atoms with E-state index in [1.807, 2.05) is 30.3 Å². The first-order chi connectivity index (χ1) is 14.4. The van der Waals surface area contributed by atoms with Crippen LogP contribution < -0.4 is 10.6 Å². The van der Waals surface area contributed by atoms with Crippen LogP contribution in [0.4, 0.5) is 15.9 Å². The third-order valence-corrected chi connectivity index (χ3v) is 5.35. The van der Waals surface area contributed by atoms with Crippen molar-refractivity contribution in [3.05, 3.63) is 54.2 Å². The number of anilines is 2. The molecule has 30 heavy (non-hydrogen) atoms. The summed E-state index contributed by atoms with van der Waals surface area (Å²) in [5.74, 6) is 0.603. The second kappa shape index (κ2) is 7.55. The number of nitrogens with two attached hydrogens (primary N) is 1. The molecule has 4 rings (SSSR count). The highest BCUT2D eigenvalue weighted by atomic mass is 19.1. The fourth-order valence-electron chi connectivity index (χ4n) is 3.52. The number of aromatic nitrogens is 4. The molecular weight excluding hydrogens is 383 g/mol. The van der Waals surface area contributed by atoms with E-state index in [4.69, 9.17) is 16.4 Å². The number of alkyl halides is 1. The number of hydrogen-bond acceptors (Lipinski definition) is 7. The van der Waals surface area contributed by atoms with Crippen LogP contribution in [-0.2, 0) is 7.05 Å². The van der Waals surface area contributed by atoms with Gasteiger partial charge in [-0.3, -0.25) is 10.1 Å². The minimum absolute atomic E-state index is 0.125. The number of rotatable bonds is 4. The standard InChI is InChI=1S/C21H21FN8/c1-29-11-15(10-28-29)14-2-3-17(24)16(8-14)20(25)18-9-19(27-13-26-18)30-6-4-21(22,12-23)5-7-30/h2-3,8-11,13,25H,4-7,24H2,1H3. The molecule has 1 aromatic carbocycles. The smallest absolute Gasteiger partial charge is 0.199 e. The largest absolute Gasteiger partial charge is 0.398 e. The molecule has 1 saturated heterocycles. The maximum atomic E-state index is 14.2. The van der Waals surface area contributed by atoms with Crippen LogP contribution in [-0.4, -0.2) is 44.2 Å². The van der Waals surface area contributed by atoms with Gasteiger partial charge in [0.05, 0.1) is 17.6 Å². The number of benzene rings is 1. The van der Waals surface area contributed by atoms with Crippen molar-refractivity contribution in [2.24, 2.45) is 7.05 Å². The maximum absolute atomic E-state index is 14.2. The molecule has 0 aliphatic carbocycles. The van der Waals surface area contributed by atoms with Crippen LogP contribution in [0.1, 0.15) is 24.1 Å². The lowest BCUT2D eigenvalue weighted by Crippen LogP contribution is -2.41. The molecule has 1 aliphatic heterocycles. The quantitative estimate of drug-likeness (QED) is 0.509. The molecule has 0 unspecified atom stereocenters. The van der Waals surface area contributed by atoms with Crippen LogP contribution in [0, 0.1) is 16.7 Å². The highest BCUT2D eigenvalue weighted by molar-refractivity contribution is 6.13. The van der Waals surface area contributed by atoms with Gasteiger partial charge in [0.1, 0.15) is 18.2 Å². The Balaban J connectivity index is 1.60. The lowest BCUT2D eigenvalue weighted by Gasteiger charge is -2.33. The monoisotopic (exact) mass is 404 g/mol. The zero-order valence-electron chi connectivity index (χ0n) is 16.5. The molecule has 9 heteroatoms. The summed E-state index contributed by atoms with van der Waals surface area (Å²) in [7, 11) is 1.84. The molecule has 2 aromatic heterocycles. The highest BCUT2D eigenvalue weighted by Crippen LogP contribution is 2.29. The lowest BCUT2D eigenvalue weighted by atomic mass is 9.95. The van der Waals surface area contributed by atoms with Crippen LogP contribution in [0.2, 0.25) is 0 Å². The molecule has 0 amide bonds. The number of piperidine rings is 1. The molecule has 3 heterocycles. The van der Waals surface area contributed by atoms with Gasteiger partial charge in [-0.1, -0.05) is 6.07 Å². The van der Waals surface area contributed by atoms with Crippen molar-refractivity contribution in [1.29, 1.82) is 10.7 Å². The van der Waals surface area contributed by atoms with E-state index in [9.17, 15) is 4.39 Å². The number of nitrogens with one attached hydrogen (secondary N) is 1. The molecule has 0 atom stereocenters. The summed E-state index contributed by atoms with van der Waals surface area (Å²) < 4.78 is 15.9. The Morgan fingerprint density at radius 1 is 1.23 bits per heavy atom. The Morgan fingerprint density at radius 3 is 2.67 bits per heavy atom. The van der Waals surface area contributed by atoms with Gasteiger partial charge in [0, 0.05) is 62.1 Å². The van der Waals surface area contributed by atoms with Crippen molar-refractivity contribution >= 4 is 17.2 Å². The molecule has 0 radical (unpaired) electrons. The normalized spacial score (nSPS) is 15.6. The Labute approximate surface area is 173 Å². The number of aryl methyl sites for hydroxylation is 1. The summed E-state index contributed by atoms with van der Waals surface area (Å²) in [6.07, 6.45) is 5.29. The fourth-order valence-corrected chi connectivity index (χ4v) is 3.52. The van der Waals surface area contributed by atoms with E-state index in [0.717, 1.165) is 11.1 Å². The van der Waals surface area contributed by atoms with Crippen molar-refractivity contribution in [2.75, 3.05) is 23.7 Å². The van der Waals surface area contributed by atoms with Gasteiger partial charge in [0.25, 0.3) is 0 Å². The predicted octanol–water partition coefficient (Wildman–Crippen LogP) is 2.71. The minimum Gasteiger partial charge on any atom is -0.398 e. The van der Waals surface area contributed by atoms with Gasteiger partial charge in [-0.05, 0) is 17.7 Å². The fraction of sp³-hybridized carbons (Fsp3) is 0.286. The van der Waals surface area contributed by atoms with Crippen LogP contribution in [0.15, 0.2) is 43.0 Å². The summed E-state index contributed by atoms with van der Waals surface area (Å²) in [5, 5.41) is 21.8. The van der Waals surface area contributed by atoms with Crippen molar-refractivity contribution < 1.29 is 4.39 Å². The molecule has 1 aliphatic rings. The lowest BCUT2D eigenvalue weighted by molar-refractivity contribution is 0.193. The predicted molar refractivity (Wildman–Crippen MR) is 112 cm³/mol. The van der Waals surface area contributed by atoms with E-state index in [0.29, 0.717) is 35.9 Å². The zero-order chi connectivity index (χ0) is 21.3. The van der Waals surface area contributed by atoms with Gasteiger partial charge in [0.2, 0.25) is 0 Å². The summed E-state index contributed by atoms with van der Waals surface area (Å²) >= 11 is 0. The van der Waals surface area contributed by atoms with Crippen molar-refractivity contribution in [2.45, 2.75) is 18.5 Å². The topological polar surface area (TPSA) is 120 Å². The Bertz CT molecular complexity index is 1140. The molecule has 0 bridgehead atoms. The second-order valence-electron chi connectivity index (χ2n) is 7.41. The summed E-state index contributed by atoms with van der Waals surface area (Å²) in [4.78, 5) is 10.4. The molecule has 1 fully saturated rings. The minimum atomic E-state index is -1.78. The molecule has 152 valence electrons. The second-order valence-corrected chi connectivity index (χ2v) is 7.41. The Hall–Kier alpha value is -3.80. The average molecular weight is 404 g/mol. The summed E-state index contributed by atoms with van der Waals surface area (Å²) in [6.45, 7) is 0.763. The number of nitrogen functional groups attached to an aromatic ring is 1. The number of halogens is 1. The molecule has 0 spiro atoms. The van der Waals surface area contributed by atoms with E-state index in [2.05, 4.69) is 15.1 Å². The van der Waals surface area contributed by atoms with E-state index in [1.165, 1.54) is 6.33 Å². The zero-order valence-corrected chi connectivity index (χ0v) is 16.5. The van der Waals surface area contributed by atoms with E-state index in [1.54, 1.807) is 29.1 Å². The van der Waals surface area contributed by atoms with Crippen LogP contribution in [0.25, 0.3) is 11.1 Å². The van der Waals surface area contributed by atoms with E-state index >= 15 is 0 Å². The van der Waals surface area contributed by atoms with Crippen molar-refractivity contribution in [3.63, 3.8) is 0 Å². The van der Waals surface area contributed by atoms with E-state index in [-0.39, 0.29) is 18.6 Å². The summed E-state index contributed by atoms with van der Waals surface area (Å²) in [6, 6.07) is 8.96. The highest BCUT2D eigenvalue weighted by Gasteiger charge is 2.35. The van der Waals surface area contributed by atoms with Gasteiger partial charge < -0.3 is 10.6 Å². The van der Waals surface area contributed by atoms with Gasteiger partial charge in [-0.25, -0.2) is 14.4 Å². The van der Waals surface area contributed by atoms with Gasteiger partial charge in [0.15, 0.2) is 5.67 Å². The number of nitriles is 1. The molecule has 3 aromatic rings. The molecule has 3 N–H and O–H groups in total. The first-order valence-electron chi connectivity index (χ1n) is 9.53. The summed E-state index contributed by atoms with van der Waals surface area (Å²) in [5.41, 5.74) is 7.84. The van der Waals surface area contributed by atoms with Gasteiger partial charge in [-0.15, -0.1) is 0 Å². The number of hydrogen-bond donors (Lipinski definition) is 2.